The van der Waals surface area contributed by atoms with E-state index in [0.717, 1.165) is 17.6 Å². The van der Waals surface area contributed by atoms with E-state index in [9.17, 15) is 26.3 Å². The van der Waals surface area contributed by atoms with E-state index < -0.39 is 23.6 Å². The summed E-state index contributed by atoms with van der Waals surface area (Å²) in [4.78, 5) is 14.6. The van der Waals surface area contributed by atoms with E-state index in [1.54, 1.807) is 24.3 Å². The van der Waals surface area contributed by atoms with Crippen molar-refractivity contribution in [2.75, 3.05) is 5.32 Å². The van der Waals surface area contributed by atoms with Gasteiger partial charge in [0.05, 0.1) is 22.8 Å². The van der Waals surface area contributed by atoms with Gasteiger partial charge in [-0.3, -0.25) is 4.98 Å². The first-order chi connectivity index (χ1) is 18.0. The number of hydrogen-bond donors (Lipinski definition) is 2. The van der Waals surface area contributed by atoms with Crippen LogP contribution >= 0.6 is 0 Å². The molecule has 0 aliphatic carbocycles. The largest absolute Gasteiger partial charge is 0.457 e. The molecule has 0 fully saturated rings. The third kappa shape index (κ3) is 5.12. The molecule has 0 saturated carbocycles. The minimum atomic E-state index is -4.56. The number of hydrogen-bond acceptors (Lipinski definition) is 5. The monoisotopic (exact) mass is 532 g/mol. The zero-order valence-electron chi connectivity index (χ0n) is 19.5. The Morgan fingerprint density at radius 3 is 2.29 bits per heavy atom. The standard InChI is InChI=1S/C25H18F6N6O/c1-2-37-20-8-7-16(11-18(20)35-23(37)34-15-5-3-14(4-6-15)24(26,27)28)38-17-9-10-32-19(12-17)22-33-13-21(36-22)25(29,30)31/h3-13H,2H2,1H3,(H,33,36)(H,34,35). The van der Waals surface area contributed by atoms with Gasteiger partial charge in [0.2, 0.25) is 5.95 Å². The van der Waals surface area contributed by atoms with E-state index in [-0.39, 0.29) is 11.5 Å². The maximum absolute atomic E-state index is 12.9. The molecule has 0 aliphatic heterocycles. The summed E-state index contributed by atoms with van der Waals surface area (Å²) in [5.41, 5.74) is 0.195. The van der Waals surface area contributed by atoms with Crippen molar-refractivity contribution in [3.05, 3.63) is 78.2 Å². The molecule has 5 rings (SSSR count). The van der Waals surface area contributed by atoms with Crippen molar-refractivity contribution in [2.24, 2.45) is 0 Å². The van der Waals surface area contributed by atoms with Gasteiger partial charge in [-0.2, -0.15) is 26.3 Å². The summed E-state index contributed by atoms with van der Waals surface area (Å²) in [5.74, 6) is 1.10. The van der Waals surface area contributed by atoms with Crippen LogP contribution in [0, 0.1) is 0 Å². The van der Waals surface area contributed by atoms with Crippen molar-refractivity contribution in [1.29, 1.82) is 0 Å². The zero-order valence-corrected chi connectivity index (χ0v) is 19.5. The van der Waals surface area contributed by atoms with Crippen molar-refractivity contribution in [2.45, 2.75) is 25.8 Å². The molecular formula is C25H18F6N6O. The van der Waals surface area contributed by atoms with Crippen LogP contribution in [0.2, 0.25) is 0 Å². The van der Waals surface area contributed by atoms with Crippen LogP contribution in [0.3, 0.4) is 0 Å². The highest BCUT2D eigenvalue weighted by atomic mass is 19.4. The van der Waals surface area contributed by atoms with E-state index in [0.29, 0.717) is 41.4 Å². The second-order valence-electron chi connectivity index (χ2n) is 8.15. The Morgan fingerprint density at radius 1 is 0.895 bits per heavy atom. The fourth-order valence-corrected chi connectivity index (χ4v) is 3.80. The molecule has 13 heteroatoms. The van der Waals surface area contributed by atoms with Gasteiger partial charge in [0.15, 0.2) is 5.82 Å². The molecule has 0 atom stereocenters. The van der Waals surface area contributed by atoms with E-state index >= 15 is 0 Å². The number of fused-ring (bicyclic) bond motifs is 1. The maximum atomic E-state index is 12.9. The molecule has 2 N–H and O–H groups in total. The molecule has 0 spiro atoms. The highest BCUT2D eigenvalue weighted by molar-refractivity contribution is 5.81. The lowest BCUT2D eigenvalue weighted by Gasteiger charge is -2.10. The molecule has 0 amide bonds. The number of alkyl halides is 6. The fourth-order valence-electron chi connectivity index (χ4n) is 3.80. The van der Waals surface area contributed by atoms with Gasteiger partial charge in [-0.1, -0.05) is 0 Å². The lowest BCUT2D eigenvalue weighted by molar-refractivity contribution is -0.141. The van der Waals surface area contributed by atoms with Crippen LogP contribution in [0.15, 0.2) is 67.0 Å². The van der Waals surface area contributed by atoms with Gasteiger partial charge in [-0.05, 0) is 49.4 Å². The van der Waals surface area contributed by atoms with Crippen molar-refractivity contribution >= 4 is 22.7 Å². The normalized spacial score (nSPS) is 12.2. The molecule has 5 aromatic rings. The van der Waals surface area contributed by atoms with Crippen LogP contribution in [0.4, 0.5) is 38.0 Å². The van der Waals surface area contributed by atoms with Crippen LogP contribution < -0.4 is 10.1 Å². The van der Waals surface area contributed by atoms with Crippen molar-refractivity contribution < 1.29 is 31.1 Å². The minimum Gasteiger partial charge on any atom is -0.457 e. The number of anilines is 2. The van der Waals surface area contributed by atoms with Gasteiger partial charge in [0.1, 0.15) is 22.9 Å². The topological polar surface area (TPSA) is 80.7 Å². The fraction of sp³-hybridized carbons (Fsp3) is 0.160. The smallest absolute Gasteiger partial charge is 0.432 e. The van der Waals surface area contributed by atoms with E-state index in [1.165, 1.54) is 24.4 Å². The van der Waals surface area contributed by atoms with Crippen LogP contribution in [-0.2, 0) is 18.9 Å². The third-order valence-corrected chi connectivity index (χ3v) is 5.60. The van der Waals surface area contributed by atoms with E-state index in [4.69, 9.17) is 4.74 Å². The number of benzene rings is 2. The Kier molecular flexibility index (Phi) is 6.21. The third-order valence-electron chi connectivity index (χ3n) is 5.60. The number of H-pyrrole nitrogens is 1. The molecular weight excluding hydrogens is 514 g/mol. The van der Waals surface area contributed by atoms with Gasteiger partial charge in [-0.15, -0.1) is 0 Å². The van der Waals surface area contributed by atoms with Crippen LogP contribution in [0.5, 0.6) is 11.5 Å². The van der Waals surface area contributed by atoms with Gasteiger partial charge in [0, 0.05) is 30.6 Å². The molecule has 0 unspecified atom stereocenters. The molecule has 0 bridgehead atoms. The molecule has 0 saturated heterocycles. The predicted molar refractivity (Wildman–Crippen MR) is 127 cm³/mol. The number of rotatable bonds is 6. The van der Waals surface area contributed by atoms with Gasteiger partial charge in [0.25, 0.3) is 0 Å². The highest BCUT2D eigenvalue weighted by Gasteiger charge is 2.33. The Hall–Kier alpha value is -4.55. The van der Waals surface area contributed by atoms with Crippen LogP contribution in [0.1, 0.15) is 18.2 Å². The van der Waals surface area contributed by atoms with Crippen LogP contribution in [0.25, 0.3) is 22.6 Å². The maximum Gasteiger partial charge on any atom is 0.432 e. The first kappa shape index (κ1) is 25.1. The summed E-state index contributed by atoms with van der Waals surface area (Å²) >= 11 is 0. The molecule has 0 aliphatic rings. The number of ether oxygens (including phenoxy) is 1. The summed E-state index contributed by atoms with van der Waals surface area (Å²) < 4.78 is 84.9. The van der Waals surface area contributed by atoms with Crippen molar-refractivity contribution in [3.8, 4) is 23.0 Å². The average molecular weight is 532 g/mol. The van der Waals surface area contributed by atoms with Crippen molar-refractivity contribution in [3.63, 3.8) is 0 Å². The lowest BCUT2D eigenvalue weighted by Crippen LogP contribution is -2.05. The van der Waals surface area contributed by atoms with Gasteiger partial charge in [-0.25, -0.2) is 9.97 Å². The van der Waals surface area contributed by atoms with E-state index in [2.05, 4.69) is 25.3 Å². The number of aryl methyl sites for hydroxylation is 1. The number of nitrogens with zero attached hydrogens (tertiary/aromatic N) is 4. The summed E-state index contributed by atoms with van der Waals surface area (Å²) in [7, 11) is 0. The summed E-state index contributed by atoms with van der Waals surface area (Å²) in [6.45, 7) is 2.44. The zero-order chi connectivity index (χ0) is 27.1. The first-order valence-corrected chi connectivity index (χ1v) is 11.2. The predicted octanol–water partition coefficient (Wildman–Crippen LogP) is 7.41. The van der Waals surface area contributed by atoms with Gasteiger partial charge >= 0.3 is 12.4 Å². The number of aromatic nitrogens is 5. The second-order valence-corrected chi connectivity index (χ2v) is 8.15. The van der Waals surface area contributed by atoms with E-state index in [1.807, 2.05) is 11.5 Å². The van der Waals surface area contributed by atoms with Gasteiger partial charge < -0.3 is 19.6 Å². The number of aromatic amines is 1. The first-order valence-electron chi connectivity index (χ1n) is 11.2. The molecule has 196 valence electrons. The van der Waals surface area contributed by atoms with Crippen molar-refractivity contribution in [1.82, 2.24) is 24.5 Å². The minimum absolute atomic E-state index is 0.0566. The Morgan fingerprint density at radius 2 is 1.63 bits per heavy atom. The Balaban J connectivity index is 1.38. The summed E-state index contributed by atoms with van der Waals surface area (Å²) in [6.07, 6.45) is -6.91. The second kappa shape index (κ2) is 9.39. The number of pyridine rings is 1. The van der Waals surface area contributed by atoms with Crippen LogP contribution in [-0.4, -0.2) is 24.5 Å². The molecule has 3 heterocycles. The average Bonchev–Trinajstić information content (AvgIpc) is 3.49. The highest BCUT2D eigenvalue weighted by Crippen LogP contribution is 2.33. The quantitative estimate of drug-likeness (QED) is 0.223. The number of nitrogens with one attached hydrogen (secondary N) is 2. The Labute approximate surface area is 211 Å². The molecule has 3 aromatic heterocycles. The SMILES string of the molecule is CCn1c(Nc2ccc(C(F)(F)F)cc2)nc2cc(Oc3ccnc(-c4ncc(C(F)(F)F)[nH]4)c3)ccc21. The summed E-state index contributed by atoms with van der Waals surface area (Å²) in [6, 6.07) is 12.8. The summed E-state index contributed by atoms with van der Waals surface area (Å²) in [5, 5.41) is 3.04. The molecule has 0 radical (unpaired) electrons. The number of imidazole rings is 2. The number of halogens is 6. The lowest BCUT2D eigenvalue weighted by atomic mass is 10.2. The molecule has 7 nitrogen and oxygen atoms in total. The molecule has 2 aromatic carbocycles. The Bertz CT molecular complexity index is 1590. The molecule has 38 heavy (non-hydrogen) atoms.